The standard InChI is InChI=1S/C62H48N4O/c1-39-40(2)60(64(3)62(45-33-34-50-49-24-12-15-28-56(49)67-57(50)38-45)63-59(39)43-31-29-42(30-32-43)41-17-6-4-7-18-41)44-19-16-22-47(37-44)65-54-27-14-11-25-52(54)58-55(65)36-35-51-48-23-10-13-26-53(48)66(61(51)58)46-20-8-5-9-21-46/h4-40,59-60H,1-3H3. The van der Waals surface area contributed by atoms with Gasteiger partial charge in [-0.1, -0.05) is 166 Å². The van der Waals surface area contributed by atoms with E-state index in [9.17, 15) is 0 Å². The molecule has 5 nitrogen and oxygen atoms in total. The third-order valence-electron chi connectivity index (χ3n) is 14.8. The van der Waals surface area contributed by atoms with Crippen LogP contribution < -0.4 is 0 Å². The molecule has 0 aliphatic carbocycles. The second-order valence-electron chi connectivity index (χ2n) is 18.5. The Kier molecular flexibility index (Phi) is 9.07. The molecule has 0 radical (unpaired) electrons. The van der Waals surface area contributed by atoms with Gasteiger partial charge in [0.1, 0.15) is 17.0 Å². The Morgan fingerprint density at radius 2 is 1.03 bits per heavy atom. The number of furan rings is 1. The molecule has 1 aliphatic heterocycles. The van der Waals surface area contributed by atoms with Crippen molar-refractivity contribution in [1.82, 2.24) is 14.0 Å². The van der Waals surface area contributed by atoms with Crippen molar-refractivity contribution < 1.29 is 4.42 Å². The fourth-order valence-corrected chi connectivity index (χ4v) is 11.4. The highest BCUT2D eigenvalue weighted by atomic mass is 16.3. The van der Waals surface area contributed by atoms with E-state index in [1.54, 1.807) is 0 Å². The number of amidine groups is 1. The van der Waals surface area contributed by atoms with Crippen LogP contribution in [0.5, 0.6) is 0 Å². The van der Waals surface area contributed by atoms with E-state index in [4.69, 9.17) is 9.41 Å². The summed E-state index contributed by atoms with van der Waals surface area (Å²) in [5.41, 5.74) is 14.8. The highest BCUT2D eigenvalue weighted by Crippen LogP contribution is 2.46. The van der Waals surface area contributed by atoms with E-state index in [0.29, 0.717) is 0 Å². The number of hydrogen-bond donors (Lipinski definition) is 0. The van der Waals surface area contributed by atoms with Gasteiger partial charge in [-0.05, 0) is 94.8 Å². The quantitative estimate of drug-likeness (QED) is 0.167. The van der Waals surface area contributed by atoms with E-state index in [0.717, 1.165) is 44.7 Å². The number of fused-ring (bicyclic) bond motifs is 10. The lowest BCUT2D eigenvalue weighted by Gasteiger charge is -2.36. The first-order valence-corrected chi connectivity index (χ1v) is 23.5. The molecule has 3 aromatic heterocycles. The number of rotatable bonds is 6. The van der Waals surface area contributed by atoms with Gasteiger partial charge in [0.15, 0.2) is 0 Å². The number of aliphatic imine (C=N–C) groups is 1. The first kappa shape index (κ1) is 39.2. The lowest BCUT2D eigenvalue weighted by atomic mass is 9.79. The van der Waals surface area contributed by atoms with Gasteiger partial charge in [0.25, 0.3) is 0 Å². The van der Waals surface area contributed by atoms with Crippen molar-refractivity contribution in [3.63, 3.8) is 0 Å². The van der Waals surface area contributed by atoms with Gasteiger partial charge in [0.2, 0.25) is 0 Å². The Morgan fingerprint density at radius 1 is 0.418 bits per heavy atom. The SMILES string of the molecule is CC1C(c2ccc(-c3ccccc3)cc2)N=C(c2ccc3c(c2)oc2ccccc23)N(C)C(c2cccc(-n3c4ccccc4c4c3ccc3c5ccccc5n(-c5ccccc5)c34)c2)C1C. The summed E-state index contributed by atoms with van der Waals surface area (Å²) >= 11 is 0. The summed E-state index contributed by atoms with van der Waals surface area (Å²) < 4.78 is 11.4. The van der Waals surface area contributed by atoms with Crippen LogP contribution in [0.4, 0.5) is 0 Å². The maximum atomic E-state index is 6.50. The van der Waals surface area contributed by atoms with E-state index < -0.39 is 0 Å². The highest BCUT2D eigenvalue weighted by molar-refractivity contribution is 6.26. The molecule has 0 saturated carbocycles. The Labute approximate surface area is 389 Å². The average molecular weight is 865 g/mol. The minimum atomic E-state index is -0.0760. The van der Waals surface area contributed by atoms with Crippen molar-refractivity contribution in [2.24, 2.45) is 16.8 Å². The number of nitrogens with zero attached hydrogens (tertiary/aromatic N) is 4. The minimum Gasteiger partial charge on any atom is -0.456 e. The summed E-state index contributed by atoms with van der Waals surface area (Å²) in [6, 6.07) is 77.0. The van der Waals surface area contributed by atoms with Gasteiger partial charge in [-0.15, -0.1) is 0 Å². The maximum Gasteiger partial charge on any atom is 0.136 e. The summed E-state index contributed by atoms with van der Waals surface area (Å²) in [6.45, 7) is 4.81. The Bertz CT molecular complexity index is 3880. The Morgan fingerprint density at radius 3 is 1.82 bits per heavy atom. The van der Waals surface area contributed by atoms with Crippen LogP contribution in [0.1, 0.15) is 42.6 Å². The van der Waals surface area contributed by atoms with Gasteiger partial charge >= 0.3 is 0 Å². The van der Waals surface area contributed by atoms with E-state index in [-0.39, 0.29) is 23.9 Å². The van der Waals surface area contributed by atoms with Crippen molar-refractivity contribution in [1.29, 1.82) is 0 Å². The zero-order chi connectivity index (χ0) is 44.8. The fraction of sp³-hybridized carbons (Fsp3) is 0.113. The number of para-hydroxylation sites is 4. The molecule has 0 bridgehead atoms. The van der Waals surface area contributed by atoms with Crippen molar-refractivity contribution in [2.75, 3.05) is 7.05 Å². The molecule has 4 atom stereocenters. The molecule has 0 amide bonds. The van der Waals surface area contributed by atoms with Crippen molar-refractivity contribution in [3.05, 3.63) is 229 Å². The van der Waals surface area contributed by atoms with Crippen LogP contribution in [-0.2, 0) is 0 Å². The summed E-state index contributed by atoms with van der Waals surface area (Å²) in [5, 5.41) is 7.23. The Hall–Kier alpha value is -8.15. The minimum absolute atomic E-state index is 0.00840. The molecule has 4 unspecified atom stereocenters. The van der Waals surface area contributed by atoms with Gasteiger partial charge in [-0.25, -0.2) is 0 Å². The Balaban J connectivity index is 0.979. The number of hydrogen-bond acceptors (Lipinski definition) is 3. The summed E-state index contributed by atoms with van der Waals surface area (Å²) in [6.07, 6.45) is 0. The molecular formula is C62H48N4O. The second kappa shape index (κ2) is 15.5. The molecule has 9 aromatic carbocycles. The van der Waals surface area contributed by atoms with Crippen LogP contribution in [-0.4, -0.2) is 26.9 Å². The van der Waals surface area contributed by atoms with Crippen LogP contribution >= 0.6 is 0 Å². The molecule has 0 spiro atoms. The van der Waals surface area contributed by atoms with E-state index in [1.165, 1.54) is 65.9 Å². The molecule has 1 aliphatic rings. The van der Waals surface area contributed by atoms with Crippen molar-refractivity contribution in [3.8, 4) is 22.5 Å². The predicted molar refractivity (Wildman–Crippen MR) is 279 cm³/mol. The molecule has 322 valence electrons. The molecular weight excluding hydrogens is 817 g/mol. The van der Waals surface area contributed by atoms with E-state index >= 15 is 0 Å². The van der Waals surface area contributed by atoms with Gasteiger partial charge in [0.05, 0.1) is 34.2 Å². The monoisotopic (exact) mass is 864 g/mol. The van der Waals surface area contributed by atoms with Crippen molar-refractivity contribution in [2.45, 2.75) is 25.9 Å². The normalized spacial score (nSPS) is 17.8. The maximum absolute atomic E-state index is 6.50. The molecule has 0 fully saturated rings. The molecule has 4 heterocycles. The molecule has 67 heavy (non-hydrogen) atoms. The predicted octanol–water partition coefficient (Wildman–Crippen LogP) is 15.9. The summed E-state index contributed by atoms with van der Waals surface area (Å²) in [4.78, 5) is 8.24. The third kappa shape index (κ3) is 6.18. The van der Waals surface area contributed by atoms with Crippen LogP contribution in [0.25, 0.3) is 88.1 Å². The zero-order valence-electron chi connectivity index (χ0n) is 37.7. The lowest BCUT2D eigenvalue weighted by molar-refractivity contribution is 0.212. The van der Waals surface area contributed by atoms with Gasteiger partial charge < -0.3 is 18.5 Å². The summed E-state index contributed by atoms with van der Waals surface area (Å²) in [5.74, 6) is 1.38. The molecule has 0 saturated heterocycles. The molecule has 12 aromatic rings. The lowest BCUT2D eigenvalue weighted by Crippen LogP contribution is -2.35. The molecule has 5 heteroatoms. The van der Waals surface area contributed by atoms with Crippen molar-refractivity contribution >= 4 is 71.4 Å². The highest BCUT2D eigenvalue weighted by Gasteiger charge is 2.38. The van der Waals surface area contributed by atoms with Gasteiger partial charge in [-0.3, -0.25) is 4.99 Å². The van der Waals surface area contributed by atoms with E-state index in [2.05, 4.69) is 241 Å². The van der Waals surface area contributed by atoms with Crippen LogP contribution in [0.3, 0.4) is 0 Å². The average Bonchev–Trinajstić information content (AvgIpc) is 4.02. The van der Waals surface area contributed by atoms with E-state index in [1.807, 2.05) is 6.07 Å². The second-order valence-corrected chi connectivity index (χ2v) is 18.5. The molecule has 0 N–H and O–H groups in total. The van der Waals surface area contributed by atoms with Crippen LogP contribution in [0, 0.1) is 11.8 Å². The smallest absolute Gasteiger partial charge is 0.136 e. The number of aromatic nitrogens is 2. The van der Waals surface area contributed by atoms with Gasteiger partial charge in [-0.2, -0.15) is 0 Å². The fourth-order valence-electron chi connectivity index (χ4n) is 11.4. The molecule has 13 rings (SSSR count). The summed E-state index contributed by atoms with van der Waals surface area (Å²) in [7, 11) is 2.24. The topological polar surface area (TPSA) is 38.6 Å². The zero-order valence-corrected chi connectivity index (χ0v) is 37.7. The first-order valence-electron chi connectivity index (χ1n) is 23.5. The van der Waals surface area contributed by atoms with Crippen LogP contribution in [0.15, 0.2) is 222 Å². The van der Waals surface area contributed by atoms with Gasteiger partial charge in [0, 0.05) is 56.3 Å². The number of benzene rings is 9. The largest absolute Gasteiger partial charge is 0.456 e. The third-order valence-corrected chi connectivity index (χ3v) is 14.8. The van der Waals surface area contributed by atoms with Crippen LogP contribution in [0.2, 0.25) is 0 Å². The first-order chi connectivity index (χ1) is 33.0.